The summed E-state index contributed by atoms with van der Waals surface area (Å²) in [6.45, 7) is 2.10. The van der Waals surface area contributed by atoms with Crippen molar-refractivity contribution in [2.75, 3.05) is 11.4 Å². The number of halogens is 3. The molecule has 2 saturated heterocycles. The molecular weight excluding hydrogens is 405 g/mol. The van der Waals surface area contributed by atoms with E-state index in [1.165, 1.54) is 5.56 Å². The third-order valence-electron chi connectivity index (χ3n) is 5.12. The molecule has 1 amide bonds. The highest BCUT2D eigenvalue weighted by molar-refractivity contribution is 7.07. The van der Waals surface area contributed by atoms with Gasteiger partial charge in [0.2, 0.25) is 5.91 Å². The molecule has 0 aliphatic carbocycles. The molecule has 3 heterocycles. The molecule has 1 N–H and O–H groups in total. The fourth-order valence-corrected chi connectivity index (χ4v) is 4.55. The van der Waals surface area contributed by atoms with Crippen molar-refractivity contribution in [2.45, 2.75) is 44.1 Å². The average molecular weight is 426 g/mol. The first-order valence-corrected chi connectivity index (χ1v) is 10.1. The molecule has 2 aromatic rings. The summed E-state index contributed by atoms with van der Waals surface area (Å²) in [4.78, 5) is 26.0. The van der Waals surface area contributed by atoms with Crippen LogP contribution in [-0.2, 0) is 16.1 Å². The lowest BCUT2D eigenvalue weighted by atomic mass is 9.95. The van der Waals surface area contributed by atoms with Crippen molar-refractivity contribution >= 4 is 28.9 Å². The number of carboxylic acids is 1. The van der Waals surface area contributed by atoms with E-state index in [9.17, 15) is 18.0 Å². The van der Waals surface area contributed by atoms with Gasteiger partial charge >= 0.3 is 12.1 Å². The van der Waals surface area contributed by atoms with Gasteiger partial charge in [-0.15, -0.1) is 0 Å². The number of anilines is 1. The fraction of sp³-hybridized carbons (Fsp3) is 0.400. The van der Waals surface area contributed by atoms with Crippen molar-refractivity contribution in [2.24, 2.45) is 0 Å². The Morgan fingerprint density at radius 1 is 1.14 bits per heavy atom. The molecule has 1 aromatic carbocycles. The number of rotatable bonds is 3. The number of para-hydroxylation sites is 1. The van der Waals surface area contributed by atoms with E-state index in [1.54, 1.807) is 11.3 Å². The number of likely N-dealkylation sites (tertiary alicyclic amines) is 1. The Morgan fingerprint density at radius 3 is 2.41 bits per heavy atom. The number of nitrogens with zero attached hydrogens (tertiary/aromatic N) is 2. The number of aliphatic carboxylic acids is 1. The summed E-state index contributed by atoms with van der Waals surface area (Å²) in [6.07, 6.45) is -2.34. The molecule has 2 fully saturated rings. The Bertz CT molecular complexity index is 827. The second-order valence-corrected chi connectivity index (χ2v) is 7.75. The van der Waals surface area contributed by atoms with Gasteiger partial charge in [0.1, 0.15) is 0 Å². The highest BCUT2D eigenvalue weighted by atomic mass is 32.1. The lowest BCUT2D eigenvalue weighted by Crippen LogP contribution is -2.52. The van der Waals surface area contributed by atoms with E-state index in [2.05, 4.69) is 38.8 Å². The highest BCUT2D eigenvalue weighted by Crippen LogP contribution is 2.35. The first kappa shape index (κ1) is 21.3. The number of thiophene rings is 1. The van der Waals surface area contributed by atoms with E-state index >= 15 is 0 Å². The number of carboxylic acid groups (broad SMARTS) is 1. The molecule has 0 bridgehead atoms. The minimum atomic E-state index is -5.08. The summed E-state index contributed by atoms with van der Waals surface area (Å²) in [5.74, 6) is -2.47. The van der Waals surface area contributed by atoms with Gasteiger partial charge in [0.05, 0.1) is 6.04 Å². The lowest BCUT2D eigenvalue weighted by Gasteiger charge is -2.39. The molecule has 0 unspecified atom stereocenters. The van der Waals surface area contributed by atoms with Crippen LogP contribution < -0.4 is 4.90 Å². The number of carbonyl (C=O) groups excluding carboxylic acids is 1. The van der Waals surface area contributed by atoms with Gasteiger partial charge in [0, 0.05) is 31.2 Å². The van der Waals surface area contributed by atoms with E-state index in [0.717, 1.165) is 31.6 Å². The van der Waals surface area contributed by atoms with Gasteiger partial charge < -0.3 is 10.0 Å². The number of fused-ring (bicyclic) bond motifs is 1. The lowest BCUT2D eigenvalue weighted by molar-refractivity contribution is -0.192. The quantitative estimate of drug-likeness (QED) is 0.801. The summed E-state index contributed by atoms with van der Waals surface area (Å²) in [5, 5.41) is 11.5. The van der Waals surface area contributed by atoms with E-state index in [0.29, 0.717) is 18.5 Å². The zero-order chi connectivity index (χ0) is 21.0. The second-order valence-electron chi connectivity index (χ2n) is 6.97. The number of amides is 1. The molecule has 0 spiro atoms. The van der Waals surface area contributed by atoms with E-state index in [4.69, 9.17) is 9.90 Å². The maximum Gasteiger partial charge on any atom is 0.490 e. The maximum atomic E-state index is 12.5. The van der Waals surface area contributed by atoms with Crippen molar-refractivity contribution < 1.29 is 27.9 Å². The van der Waals surface area contributed by atoms with Gasteiger partial charge in [0.25, 0.3) is 0 Å². The van der Waals surface area contributed by atoms with Crippen LogP contribution >= 0.6 is 11.3 Å². The Kier molecular flexibility index (Phi) is 6.59. The Balaban J connectivity index is 0.000000298. The molecule has 9 heteroatoms. The first-order chi connectivity index (χ1) is 13.8. The smallest absolute Gasteiger partial charge is 0.475 e. The highest BCUT2D eigenvalue weighted by Gasteiger charge is 2.43. The molecule has 1 aromatic heterocycles. The van der Waals surface area contributed by atoms with E-state index < -0.39 is 12.1 Å². The maximum absolute atomic E-state index is 12.5. The zero-order valence-corrected chi connectivity index (χ0v) is 16.3. The van der Waals surface area contributed by atoms with Crippen LogP contribution in [0.25, 0.3) is 0 Å². The van der Waals surface area contributed by atoms with Gasteiger partial charge in [-0.2, -0.15) is 24.5 Å². The van der Waals surface area contributed by atoms with Crippen LogP contribution in [-0.4, -0.2) is 46.7 Å². The Hall–Kier alpha value is -2.39. The molecule has 29 heavy (non-hydrogen) atoms. The molecule has 2 aliphatic rings. The van der Waals surface area contributed by atoms with E-state index in [1.807, 2.05) is 18.2 Å². The van der Waals surface area contributed by atoms with Crippen LogP contribution in [0.3, 0.4) is 0 Å². The second kappa shape index (κ2) is 8.96. The Labute approximate surface area is 170 Å². The van der Waals surface area contributed by atoms with Crippen LogP contribution in [0.4, 0.5) is 18.9 Å². The van der Waals surface area contributed by atoms with Crippen molar-refractivity contribution in [3.05, 3.63) is 52.7 Å². The van der Waals surface area contributed by atoms with Gasteiger partial charge in [-0.25, -0.2) is 4.79 Å². The van der Waals surface area contributed by atoms with Crippen molar-refractivity contribution in [3.63, 3.8) is 0 Å². The average Bonchev–Trinajstić information content (AvgIpc) is 3.33. The molecule has 0 radical (unpaired) electrons. The largest absolute Gasteiger partial charge is 0.490 e. The van der Waals surface area contributed by atoms with Gasteiger partial charge in [-0.05, 0) is 47.4 Å². The summed E-state index contributed by atoms with van der Waals surface area (Å²) in [7, 11) is 0. The number of hydrogen-bond acceptors (Lipinski definition) is 4. The number of carbonyl (C=O) groups is 2. The van der Waals surface area contributed by atoms with Crippen LogP contribution in [0, 0.1) is 0 Å². The molecular formula is C20H21F3N2O3S. The fourth-order valence-electron chi connectivity index (χ4n) is 3.89. The van der Waals surface area contributed by atoms with Gasteiger partial charge in [-0.3, -0.25) is 9.69 Å². The number of benzene rings is 1. The first-order valence-electron chi connectivity index (χ1n) is 9.19. The molecule has 2 atom stereocenters. The minimum absolute atomic E-state index is 0.282. The van der Waals surface area contributed by atoms with Crippen molar-refractivity contribution in [1.82, 2.24) is 4.90 Å². The zero-order valence-electron chi connectivity index (χ0n) is 15.5. The number of hydrogen-bond donors (Lipinski definition) is 1. The van der Waals surface area contributed by atoms with Crippen LogP contribution in [0.1, 0.15) is 24.8 Å². The number of alkyl halides is 3. The molecule has 4 rings (SSSR count). The van der Waals surface area contributed by atoms with Crippen molar-refractivity contribution in [3.8, 4) is 0 Å². The summed E-state index contributed by atoms with van der Waals surface area (Å²) >= 11 is 1.76. The summed E-state index contributed by atoms with van der Waals surface area (Å²) < 4.78 is 31.7. The predicted octanol–water partition coefficient (Wildman–Crippen LogP) is 4.15. The van der Waals surface area contributed by atoms with Crippen LogP contribution in [0.5, 0.6) is 0 Å². The SMILES string of the molecule is O=C(O)C(F)(F)F.O=C1CC[C@@H]2[C@@H](CCN2Cc2ccsc2)N1c1ccccc1. The van der Waals surface area contributed by atoms with Gasteiger partial charge in [0.15, 0.2) is 0 Å². The topological polar surface area (TPSA) is 60.9 Å². The molecule has 5 nitrogen and oxygen atoms in total. The molecule has 0 saturated carbocycles. The normalized spacial score (nSPS) is 22.0. The standard InChI is InChI=1S/C18H20N2OS.C2HF3O2/c21-18-7-6-16-17(20(18)15-4-2-1-3-5-15)8-10-19(16)12-14-9-11-22-13-14;3-2(4,5)1(6)7/h1-5,9,11,13,16-17H,6-8,10,12H2;(H,6,7)/t16-,17-;/m1./s1. The van der Waals surface area contributed by atoms with Crippen LogP contribution in [0.15, 0.2) is 47.2 Å². The van der Waals surface area contributed by atoms with Crippen molar-refractivity contribution in [1.29, 1.82) is 0 Å². The van der Waals surface area contributed by atoms with E-state index in [-0.39, 0.29) is 5.91 Å². The van der Waals surface area contributed by atoms with Crippen LogP contribution in [0.2, 0.25) is 0 Å². The minimum Gasteiger partial charge on any atom is -0.475 e. The monoisotopic (exact) mass is 426 g/mol. The van der Waals surface area contributed by atoms with Gasteiger partial charge in [-0.1, -0.05) is 18.2 Å². The predicted molar refractivity (Wildman–Crippen MR) is 104 cm³/mol. The third kappa shape index (κ3) is 5.16. The number of piperidine rings is 1. The molecule has 2 aliphatic heterocycles. The summed E-state index contributed by atoms with van der Waals surface area (Å²) in [5.41, 5.74) is 2.45. The Morgan fingerprint density at radius 2 is 1.83 bits per heavy atom. The molecule has 156 valence electrons. The third-order valence-corrected chi connectivity index (χ3v) is 5.85. The summed E-state index contributed by atoms with van der Waals surface area (Å²) in [6, 6.07) is 13.2.